The Balaban J connectivity index is 1.94. The van der Waals surface area contributed by atoms with E-state index in [-0.39, 0.29) is 17.0 Å². The minimum Gasteiger partial charge on any atom is -0.388 e. The smallest absolute Gasteiger partial charge is 0.226 e. The van der Waals surface area contributed by atoms with Gasteiger partial charge < -0.3 is 25.8 Å². The monoisotopic (exact) mass is 340 g/mol. The van der Waals surface area contributed by atoms with E-state index in [1.165, 1.54) is 6.33 Å². The molecule has 0 aliphatic heterocycles. The molecule has 0 aromatic carbocycles. The number of anilines is 1. The highest BCUT2D eigenvalue weighted by atomic mass is 35.5. The summed E-state index contributed by atoms with van der Waals surface area (Å²) in [6.45, 7) is 1.72. The van der Waals surface area contributed by atoms with Crippen LogP contribution >= 0.6 is 11.6 Å². The van der Waals surface area contributed by atoms with E-state index in [1.54, 1.807) is 11.5 Å². The Kier molecular flexibility index (Phi) is 4.09. The van der Waals surface area contributed by atoms with Crippen LogP contribution in [0.4, 0.5) is 5.82 Å². The number of aromatic nitrogens is 4. The summed E-state index contributed by atoms with van der Waals surface area (Å²) in [6.07, 6.45) is -0.0538. The maximum absolute atomic E-state index is 11.5. The van der Waals surface area contributed by atoms with Gasteiger partial charge in [0.1, 0.15) is 17.7 Å². The molecule has 23 heavy (non-hydrogen) atoms. The van der Waals surface area contributed by atoms with Crippen molar-refractivity contribution in [1.82, 2.24) is 24.8 Å². The molecular weight excluding hydrogens is 324 g/mol. The third-order valence-electron chi connectivity index (χ3n) is 4.10. The molecule has 5 N–H and O–H groups in total. The number of aliphatic hydroxyl groups excluding tert-OH is 2. The highest BCUT2D eigenvalue weighted by Crippen LogP contribution is 2.33. The maximum atomic E-state index is 11.5. The molecule has 1 aliphatic rings. The molecule has 2 aromatic rings. The summed E-state index contributed by atoms with van der Waals surface area (Å²) in [4.78, 5) is 23.6. The largest absolute Gasteiger partial charge is 0.388 e. The number of imidazole rings is 1. The van der Waals surface area contributed by atoms with E-state index in [0.29, 0.717) is 24.0 Å². The summed E-state index contributed by atoms with van der Waals surface area (Å²) in [5.41, 5.74) is 6.51. The van der Waals surface area contributed by atoms with Crippen molar-refractivity contribution in [2.24, 2.45) is 0 Å². The third kappa shape index (κ3) is 2.71. The lowest BCUT2D eigenvalue weighted by Gasteiger charge is -2.18. The van der Waals surface area contributed by atoms with Crippen LogP contribution in [-0.2, 0) is 4.79 Å². The number of nitrogen functional groups attached to an aromatic ring is 1. The first kappa shape index (κ1) is 15.9. The van der Waals surface area contributed by atoms with E-state index in [9.17, 15) is 15.0 Å². The number of nitrogens with one attached hydrogen (secondary N) is 1. The van der Waals surface area contributed by atoms with Gasteiger partial charge in [-0.05, 0) is 18.0 Å². The van der Waals surface area contributed by atoms with Crippen LogP contribution < -0.4 is 11.1 Å². The zero-order chi connectivity index (χ0) is 16.7. The van der Waals surface area contributed by atoms with E-state index in [0.717, 1.165) is 0 Å². The second-order valence-electron chi connectivity index (χ2n) is 5.51. The Hall–Kier alpha value is -1.97. The molecule has 9 nitrogen and oxygen atoms in total. The van der Waals surface area contributed by atoms with E-state index < -0.39 is 24.3 Å². The summed E-state index contributed by atoms with van der Waals surface area (Å²) in [5, 5.41) is 23.2. The number of rotatable bonds is 3. The van der Waals surface area contributed by atoms with Gasteiger partial charge in [0, 0.05) is 6.42 Å². The maximum Gasteiger partial charge on any atom is 0.226 e. The minimum absolute atomic E-state index is 0.0272. The molecule has 3 rings (SSSR count). The highest BCUT2D eigenvalue weighted by molar-refractivity contribution is 6.28. The zero-order valence-corrected chi connectivity index (χ0v) is 13.1. The number of aliphatic hydroxyl groups is 2. The van der Waals surface area contributed by atoms with Crippen molar-refractivity contribution in [3.05, 3.63) is 11.6 Å². The number of halogens is 1. The normalized spacial score (nSPS) is 27.5. The molecule has 10 heteroatoms. The molecule has 1 aliphatic carbocycles. The first-order valence-electron chi connectivity index (χ1n) is 7.23. The number of amides is 1. The van der Waals surface area contributed by atoms with E-state index >= 15 is 0 Å². The number of nitrogens with zero attached hydrogens (tertiary/aromatic N) is 4. The van der Waals surface area contributed by atoms with Gasteiger partial charge in [0.05, 0.1) is 18.4 Å². The van der Waals surface area contributed by atoms with Crippen LogP contribution in [0, 0.1) is 0 Å². The first-order valence-corrected chi connectivity index (χ1v) is 7.61. The lowest BCUT2D eigenvalue weighted by molar-refractivity contribution is -0.122. The number of carbonyl (C=O) groups is 1. The fourth-order valence-electron chi connectivity index (χ4n) is 2.89. The van der Waals surface area contributed by atoms with Crippen molar-refractivity contribution >= 4 is 34.5 Å². The van der Waals surface area contributed by atoms with Crippen molar-refractivity contribution in [3.63, 3.8) is 0 Å². The number of nitrogens with two attached hydrogens (primary N) is 1. The highest BCUT2D eigenvalue weighted by Gasteiger charge is 2.43. The van der Waals surface area contributed by atoms with Crippen LogP contribution in [0.25, 0.3) is 11.2 Å². The Morgan fingerprint density at radius 2 is 2.22 bits per heavy atom. The number of hydrogen-bond donors (Lipinski definition) is 4. The summed E-state index contributed by atoms with van der Waals surface area (Å²) in [5.74, 6) is -0.0466. The van der Waals surface area contributed by atoms with Crippen molar-refractivity contribution < 1.29 is 15.0 Å². The van der Waals surface area contributed by atoms with Gasteiger partial charge in [0.2, 0.25) is 11.2 Å². The lowest BCUT2D eigenvalue weighted by atomic mass is 10.2. The third-order valence-corrected chi connectivity index (χ3v) is 4.27. The van der Waals surface area contributed by atoms with Gasteiger partial charge in [0.15, 0.2) is 11.5 Å². The molecule has 1 saturated carbocycles. The van der Waals surface area contributed by atoms with E-state index in [1.807, 2.05) is 0 Å². The first-order chi connectivity index (χ1) is 10.9. The second kappa shape index (κ2) is 5.91. The van der Waals surface area contributed by atoms with Crippen LogP contribution in [0.15, 0.2) is 6.33 Å². The molecule has 0 spiro atoms. The van der Waals surface area contributed by atoms with Crippen LogP contribution in [0.2, 0.25) is 5.28 Å². The lowest BCUT2D eigenvalue weighted by Crippen LogP contribution is -2.42. The Morgan fingerprint density at radius 3 is 2.91 bits per heavy atom. The summed E-state index contributed by atoms with van der Waals surface area (Å²) >= 11 is 5.83. The van der Waals surface area contributed by atoms with Crippen molar-refractivity contribution in [2.45, 2.75) is 44.1 Å². The quantitative estimate of drug-likeness (QED) is 0.558. The van der Waals surface area contributed by atoms with Gasteiger partial charge in [-0.2, -0.15) is 9.97 Å². The fourth-order valence-corrected chi connectivity index (χ4v) is 3.06. The molecule has 0 bridgehead atoms. The molecule has 0 saturated heterocycles. The molecule has 2 heterocycles. The predicted octanol–water partition coefficient (Wildman–Crippen LogP) is -0.377. The van der Waals surface area contributed by atoms with E-state index in [2.05, 4.69) is 20.3 Å². The fraction of sp³-hybridized carbons (Fsp3) is 0.538. The van der Waals surface area contributed by atoms with Crippen molar-refractivity contribution in [1.29, 1.82) is 0 Å². The molecule has 2 aromatic heterocycles. The van der Waals surface area contributed by atoms with E-state index in [4.69, 9.17) is 17.3 Å². The predicted molar refractivity (Wildman–Crippen MR) is 82.6 cm³/mol. The Labute approximate surface area is 136 Å². The summed E-state index contributed by atoms with van der Waals surface area (Å²) in [7, 11) is 0. The number of fused-ring (bicyclic) bond motifs is 1. The molecule has 124 valence electrons. The summed E-state index contributed by atoms with van der Waals surface area (Å²) in [6, 6.07) is -1.06. The van der Waals surface area contributed by atoms with Gasteiger partial charge >= 0.3 is 0 Å². The topological polar surface area (TPSA) is 139 Å². The molecule has 1 fully saturated rings. The van der Waals surface area contributed by atoms with Gasteiger partial charge in [0.25, 0.3) is 0 Å². The van der Waals surface area contributed by atoms with Gasteiger partial charge in [-0.3, -0.25) is 4.79 Å². The number of carbonyl (C=O) groups excluding carboxylic acids is 1. The summed E-state index contributed by atoms with van der Waals surface area (Å²) < 4.78 is 1.60. The van der Waals surface area contributed by atoms with Crippen LogP contribution in [0.5, 0.6) is 0 Å². The minimum atomic E-state index is -1.08. The average Bonchev–Trinajstić information content (AvgIpc) is 3.03. The van der Waals surface area contributed by atoms with Crippen LogP contribution in [0.3, 0.4) is 0 Å². The molecular formula is C13H17ClN6O3. The molecule has 4 unspecified atom stereocenters. The SMILES string of the molecule is CCC(=O)NC1CC(n2cnc3c(N)nc(Cl)nc32)C(O)C1O. The van der Waals surface area contributed by atoms with Gasteiger partial charge in [-0.1, -0.05) is 6.92 Å². The van der Waals surface area contributed by atoms with Gasteiger partial charge in [-0.25, -0.2) is 4.98 Å². The van der Waals surface area contributed by atoms with Crippen molar-refractivity contribution in [3.8, 4) is 0 Å². The molecule has 4 atom stereocenters. The second-order valence-corrected chi connectivity index (χ2v) is 5.85. The van der Waals surface area contributed by atoms with Gasteiger partial charge in [-0.15, -0.1) is 0 Å². The Bertz CT molecular complexity index is 751. The Morgan fingerprint density at radius 1 is 1.48 bits per heavy atom. The van der Waals surface area contributed by atoms with Crippen molar-refractivity contribution in [2.75, 3.05) is 5.73 Å². The average molecular weight is 341 g/mol. The number of hydrogen-bond acceptors (Lipinski definition) is 7. The standard InChI is InChI=1S/C13H17ClN6O3/c1-2-7(21)17-5-3-6(10(23)9(5)22)20-4-16-8-11(15)18-13(14)19-12(8)20/h4-6,9-10,22-23H,2-3H2,1H3,(H,17,21)(H2,15,18,19). The zero-order valence-electron chi connectivity index (χ0n) is 12.3. The molecule has 1 amide bonds. The van der Waals surface area contributed by atoms with Crippen LogP contribution in [0.1, 0.15) is 25.8 Å². The molecule has 0 radical (unpaired) electrons. The van der Waals surface area contributed by atoms with Crippen LogP contribution in [-0.4, -0.2) is 53.9 Å².